The van der Waals surface area contributed by atoms with E-state index in [-0.39, 0.29) is 53.7 Å². The van der Waals surface area contributed by atoms with Gasteiger partial charge in [-0.05, 0) is 77.1 Å². The quantitative estimate of drug-likeness (QED) is 0.0393. The van der Waals surface area contributed by atoms with Crippen molar-refractivity contribution < 1.29 is 56.5 Å². The first kappa shape index (κ1) is 63.1. The van der Waals surface area contributed by atoms with E-state index in [1.165, 1.54) is 38.8 Å². The van der Waals surface area contributed by atoms with Gasteiger partial charge >= 0.3 is 12.4 Å². The lowest BCUT2D eigenvalue weighted by atomic mass is 9.97. The summed E-state index contributed by atoms with van der Waals surface area (Å²) in [5.74, 6) is -0.328. The van der Waals surface area contributed by atoms with Gasteiger partial charge in [0, 0.05) is 94.5 Å². The first-order valence-electron chi connectivity index (χ1n) is 26.7. The first-order chi connectivity index (χ1) is 40.7. The van der Waals surface area contributed by atoms with Gasteiger partial charge in [-0.3, -0.25) is 14.4 Å². The molecule has 10 rings (SSSR count). The van der Waals surface area contributed by atoms with Crippen LogP contribution < -0.4 is 31.5 Å². The van der Waals surface area contributed by atoms with Crippen LogP contribution in [0.2, 0.25) is 10.0 Å². The first-order valence-corrected chi connectivity index (χ1v) is 27.4. The molecule has 86 heavy (non-hydrogen) atoms. The summed E-state index contributed by atoms with van der Waals surface area (Å²) in [7, 11) is 0. The maximum atomic E-state index is 13.5. The third-order valence-electron chi connectivity index (χ3n) is 14.0. The number of alkyl halides is 6. The number of rotatable bonds is 17. The van der Waals surface area contributed by atoms with Crippen molar-refractivity contribution in [1.82, 2.24) is 85.7 Å². The summed E-state index contributed by atoms with van der Waals surface area (Å²) in [6.07, 6.45) is 7.36. The van der Waals surface area contributed by atoms with Gasteiger partial charge in [0.05, 0.1) is 16.2 Å². The Labute approximate surface area is 507 Å². The number of carbonyl (C=O) groups is 3. The number of pyridine rings is 3. The number of carbonyl (C=O) groups excluding carboxylic acids is 3. The third-order valence-corrected chi connectivity index (χ3v) is 14.4. The number of nitrogens with one attached hydrogen (secondary N) is 8. The summed E-state index contributed by atoms with van der Waals surface area (Å²) in [5, 5.41) is 15.3. The lowest BCUT2D eigenvalue weighted by molar-refractivity contribution is -0.140. The summed E-state index contributed by atoms with van der Waals surface area (Å²) in [6, 6.07) is 6.68. The molecule has 0 unspecified atom stereocenters. The number of aromatic amines is 3. The van der Waals surface area contributed by atoms with Crippen LogP contribution in [0, 0.1) is 5.82 Å². The molecule has 0 saturated carbocycles. The Morgan fingerprint density at radius 1 is 0.640 bits per heavy atom. The van der Waals surface area contributed by atoms with Gasteiger partial charge in [0.1, 0.15) is 70.9 Å². The molecule has 1 saturated heterocycles. The number of H-pyrrole nitrogens is 3. The SMILES string of the molecule is CCCNC(=O)[C@@]1(C)CCCN1c1ccnc(-c2c[nH]c3ncc(Cl)cc23)n1.CC[C@@](C)(Nc1ncnc(-c2c[nH]c3ncc(Cl)cc23)n1)C(=O)NCC(F)(F)F.CC[C@@](C)(Nc1ncnc(-c2c[nH]c3ncc(F)cc23)n1)C(=O)NCC(F)(F)F.[HH].[HH].[HH].[HH].[HH].[HH].[HH].[HH]. The number of hydrogen-bond donors (Lipinski definition) is 8. The van der Waals surface area contributed by atoms with Gasteiger partial charge in [0.25, 0.3) is 0 Å². The Bertz CT molecular complexity index is 3760. The van der Waals surface area contributed by atoms with E-state index in [4.69, 9.17) is 28.2 Å². The second-order valence-corrected chi connectivity index (χ2v) is 21.1. The molecule has 0 radical (unpaired) electrons. The molecule has 1 aliphatic rings. The summed E-state index contributed by atoms with van der Waals surface area (Å²) < 4.78 is 88.0. The molecule has 0 spiro atoms. The highest BCUT2D eigenvalue weighted by Crippen LogP contribution is 2.36. The van der Waals surface area contributed by atoms with Crippen LogP contribution in [0.15, 0.2) is 80.3 Å². The van der Waals surface area contributed by atoms with E-state index < -0.39 is 59.7 Å². The minimum atomic E-state index is -4.52. The topological polar surface area (TPSA) is 304 Å². The number of fused-ring (bicyclic) bond motifs is 3. The summed E-state index contributed by atoms with van der Waals surface area (Å²) in [5.41, 5.74) is 0.308. The minimum absolute atomic E-state index is 0. The normalized spacial score (nSPS) is 15.6. The number of anilines is 3. The van der Waals surface area contributed by atoms with Gasteiger partial charge in [0.2, 0.25) is 29.6 Å². The zero-order valence-electron chi connectivity index (χ0n) is 46.9. The van der Waals surface area contributed by atoms with Crippen LogP contribution in [0.1, 0.15) is 85.1 Å². The maximum Gasteiger partial charge on any atom is 0.405 e. The van der Waals surface area contributed by atoms with E-state index in [0.717, 1.165) is 54.4 Å². The highest BCUT2D eigenvalue weighted by molar-refractivity contribution is 6.31. The number of amides is 3. The van der Waals surface area contributed by atoms with Crippen LogP contribution in [0.4, 0.5) is 48.4 Å². The molecule has 0 bridgehead atoms. The third kappa shape index (κ3) is 14.9. The maximum absolute atomic E-state index is 13.5. The molecule has 10 heterocycles. The van der Waals surface area contributed by atoms with E-state index in [2.05, 4.69) is 85.6 Å². The molecule has 0 aromatic carbocycles. The molecule has 0 aliphatic carbocycles. The van der Waals surface area contributed by atoms with Crippen molar-refractivity contribution in [3.8, 4) is 34.2 Å². The largest absolute Gasteiger partial charge is 0.405 e. The lowest BCUT2D eigenvalue weighted by Crippen LogP contribution is -2.54. The fourth-order valence-corrected chi connectivity index (χ4v) is 9.26. The Balaban J connectivity index is 0.00000132. The number of nitrogens with zero attached hydrogens (tertiary/aromatic N) is 12. The Morgan fingerprint density at radius 2 is 1.09 bits per heavy atom. The van der Waals surface area contributed by atoms with E-state index in [1.807, 2.05) is 42.8 Å². The van der Waals surface area contributed by atoms with Crippen molar-refractivity contribution in [2.45, 2.75) is 103 Å². The van der Waals surface area contributed by atoms with E-state index >= 15 is 0 Å². The van der Waals surface area contributed by atoms with Gasteiger partial charge in [-0.25, -0.2) is 49.2 Å². The Hall–Kier alpha value is -8.93. The molecule has 470 valence electrons. The van der Waals surface area contributed by atoms with Crippen molar-refractivity contribution >= 4 is 91.7 Å². The highest BCUT2D eigenvalue weighted by Gasteiger charge is 2.44. The van der Waals surface area contributed by atoms with E-state index in [1.54, 1.807) is 44.7 Å². The zero-order chi connectivity index (χ0) is 62.2. The van der Waals surface area contributed by atoms with Gasteiger partial charge in [-0.15, -0.1) is 0 Å². The number of halogens is 9. The molecule has 9 aromatic heterocycles. The molecule has 3 atom stereocenters. The van der Waals surface area contributed by atoms with E-state index in [9.17, 15) is 45.1 Å². The van der Waals surface area contributed by atoms with Crippen molar-refractivity contribution in [1.29, 1.82) is 0 Å². The van der Waals surface area contributed by atoms with Crippen molar-refractivity contribution in [3.63, 3.8) is 0 Å². The fourth-order valence-electron chi connectivity index (χ4n) is 8.94. The van der Waals surface area contributed by atoms with Crippen molar-refractivity contribution in [3.05, 3.63) is 96.2 Å². The lowest BCUT2D eigenvalue weighted by Gasteiger charge is -2.34. The van der Waals surface area contributed by atoms with Crippen LogP contribution in [0.5, 0.6) is 0 Å². The van der Waals surface area contributed by atoms with Crippen LogP contribution in [0.3, 0.4) is 0 Å². The minimum Gasteiger partial charge on any atom is -0.354 e. The second-order valence-electron chi connectivity index (χ2n) is 20.3. The van der Waals surface area contributed by atoms with Gasteiger partial charge in [-0.2, -0.15) is 36.3 Å². The van der Waals surface area contributed by atoms with Crippen molar-refractivity contribution in [2.75, 3.05) is 41.7 Å². The van der Waals surface area contributed by atoms with Gasteiger partial charge < -0.3 is 46.4 Å². The Morgan fingerprint density at radius 3 is 1.55 bits per heavy atom. The molecule has 8 N–H and O–H groups in total. The number of hydrogen-bond acceptors (Lipinski definition) is 17. The molecule has 23 nitrogen and oxygen atoms in total. The van der Waals surface area contributed by atoms with Crippen LogP contribution in [-0.4, -0.2) is 143 Å². The molecule has 1 fully saturated rings. The molecular weight excluding hydrogens is 1180 g/mol. The average Bonchev–Trinajstić information content (AvgIpc) is 1.59. The summed E-state index contributed by atoms with van der Waals surface area (Å²) in [4.78, 5) is 94.7. The van der Waals surface area contributed by atoms with E-state index in [0.29, 0.717) is 55.6 Å². The van der Waals surface area contributed by atoms with Gasteiger partial charge in [-0.1, -0.05) is 44.0 Å². The highest BCUT2D eigenvalue weighted by atomic mass is 35.5. The summed E-state index contributed by atoms with van der Waals surface area (Å²) in [6.45, 7) is 8.84. The van der Waals surface area contributed by atoms with Gasteiger partial charge in [0.15, 0.2) is 17.5 Å². The molecule has 32 heteroatoms. The van der Waals surface area contributed by atoms with Crippen LogP contribution in [0.25, 0.3) is 67.3 Å². The smallest absolute Gasteiger partial charge is 0.354 e. The predicted molar refractivity (Wildman–Crippen MR) is 325 cm³/mol. The van der Waals surface area contributed by atoms with Crippen LogP contribution in [-0.2, 0) is 14.4 Å². The van der Waals surface area contributed by atoms with Crippen LogP contribution >= 0.6 is 23.2 Å². The zero-order valence-corrected chi connectivity index (χ0v) is 48.4. The Kier molecular flexibility index (Phi) is 19.2. The number of aromatic nitrogens is 14. The van der Waals surface area contributed by atoms with Crippen molar-refractivity contribution in [2.24, 2.45) is 0 Å². The summed E-state index contributed by atoms with van der Waals surface area (Å²) >= 11 is 12.1. The average molecular weight is 1250 g/mol. The molecular formula is C54H73Cl2F7N20O3. The monoisotopic (exact) mass is 1250 g/mol. The standard InChI is InChI=1S/C20H23ClN6O.C17H17ClF3N7O.C17H17F4N7O.8H2/c1-3-7-23-19(28)20(2)6-4-9-27(20)16-5-8-22-18(26-16)15-12-25-17-14(15)10-13(21)11-24-17;2*1-3-16(2,14(29)24-7-17(19,20)21)28-15-26-8-25-13(27-15)11-6-23-12-10(11)4-9(18)5-22-12;;;;;;;;/h5,8,10-12H,3-4,6-7,9H2,1-2H3,(H,23,28)(H,24,25);2*4-6,8H,3,7H2,1-2H3,(H,22,23)(H,24,29)(H,25,26,27,28);8*1H/t20-;2*16-;;;;;;;;/m111......../s1. The molecule has 1 aliphatic heterocycles. The fraction of sp³-hybridized carbons (Fsp3) is 0.370. The second kappa shape index (κ2) is 26.1. The predicted octanol–water partition coefficient (Wildman–Crippen LogP) is 11.7. The molecule has 9 aromatic rings. The molecule has 3 amide bonds.